The van der Waals surface area contributed by atoms with Crippen LogP contribution in [0.2, 0.25) is 0 Å². The number of hydrogen-bond acceptors (Lipinski definition) is 4. The van der Waals surface area contributed by atoms with Crippen molar-refractivity contribution in [1.29, 1.82) is 0 Å². The zero-order chi connectivity index (χ0) is 16.2. The molecule has 2 amide bonds. The molecule has 0 unspecified atom stereocenters. The second-order valence-electron chi connectivity index (χ2n) is 5.98. The third-order valence-electron chi connectivity index (χ3n) is 4.33. The molecule has 1 heterocycles. The van der Waals surface area contributed by atoms with E-state index in [0.717, 1.165) is 24.8 Å². The van der Waals surface area contributed by atoms with Gasteiger partial charge < -0.3 is 15.4 Å². The smallest absolute Gasteiger partial charge is 0.329 e. The molecule has 1 aliphatic heterocycles. The Balaban J connectivity index is 1.50. The molecule has 2 aliphatic rings. The van der Waals surface area contributed by atoms with Gasteiger partial charge in [-0.05, 0) is 36.8 Å². The normalized spacial score (nSPS) is 22.9. The number of carbonyl (C=O) groups is 3. The van der Waals surface area contributed by atoms with Crippen LogP contribution in [0.1, 0.15) is 42.9 Å². The van der Waals surface area contributed by atoms with Gasteiger partial charge in [0, 0.05) is 6.42 Å². The maximum Gasteiger partial charge on any atom is 0.329 e. The first-order chi connectivity index (χ1) is 11.1. The molecule has 1 fully saturated rings. The van der Waals surface area contributed by atoms with Gasteiger partial charge >= 0.3 is 5.97 Å². The van der Waals surface area contributed by atoms with Crippen LogP contribution in [0.25, 0.3) is 0 Å². The summed E-state index contributed by atoms with van der Waals surface area (Å²) in [5.41, 5.74) is 2.40. The van der Waals surface area contributed by atoms with Gasteiger partial charge in [0.15, 0.2) is 6.61 Å². The summed E-state index contributed by atoms with van der Waals surface area (Å²) in [6.07, 6.45) is 3.68. The van der Waals surface area contributed by atoms with E-state index in [1.807, 2.05) is 18.2 Å². The van der Waals surface area contributed by atoms with Gasteiger partial charge in [0.05, 0.1) is 6.04 Å². The average Bonchev–Trinajstić information content (AvgIpc) is 2.99. The van der Waals surface area contributed by atoms with E-state index in [0.29, 0.717) is 12.8 Å². The highest BCUT2D eigenvalue weighted by atomic mass is 16.5. The minimum Gasteiger partial charge on any atom is -0.454 e. The van der Waals surface area contributed by atoms with Crippen molar-refractivity contribution in [2.24, 2.45) is 0 Å². The Morgan fingerprint density at radius 3 is 2.83 bits per heavy atom. The van der Waals surface area contributed by atoms with Crippen molar-refractivity contribution in [1.82, 2.24) is 10.6 Å². The molecule has 1 aromatic rings. The van der Waals surface area contributed by atoms with Crippen LogP contribution in [-0.2, 0) is 25.5 Å². The second kappa shape index (κ2) is 6.81. The van der Waals surface area contributed by atoms with Crippen LogP contribution >= 0.6 is 0 Å². The molecule has 1 saturated heterocycles. The van der Waals surface area contributed by atoms with E-state index in [9.17, 15) is 14.4 Å². The molecule has 122 valence electrons. The Kier molecular flexibility index (Phi) is 4.60. The molecule has 0 aromatic heterocycles. The van der Waals surface area contributed by atoms with Gasteiger partial charge in [0.25, 0.3) is 5.91 Å². The zero-order valence-corrected chi connectivity index (χ0v) is 12.8. The number of aryl methyl sites for hydroxylation is 1. The van der Waals surface area contributed by atoms with E-state index in [1.165, 1.54) is 5.56 Å². The Hall–Kier alpha value is -2.37. The number of benzene rings is 1. The molecule has 23 heavy (non-hydrogen) atoms. The molecule has 0 saturated carbocycles. The summed E-state index contributed by atoms with van der Waals surface area (Å²) in [7, 11) is 0. The number of ether oxygens (including phenoxy) is 1. The fourth-order valence-corrected chi connectivity index (χ4v) is 3.17. The second-order valence-corrected chi connectivity index (χ2v) is 5.98. The molecule has 1 aromatic carbocycles. The topological polar surface area (TPSA) is 84.5 Å². The first-order valence-electron chi connectivity index (χ1n) is 7.96. The number of carbonyl (C=O) groups excluding carboxylic acids is 3. The van der Waals surface area contributed by atoms with Crippen molar-refractivity contribution >= 4 is 17.8 Å². The molecule has 0 bridgehead atoms. The van der Waals surface area contributed by atoms with Crippen molar-refractivity contribution in [2.45, 2.75) is 44.2 Å². The molecule has 6 heteroatoms. The lowest BCUT2D eigenvalue weighted by Gasteiger charge is -2.26. The van der Waals surface area contributed by atoms with E-state index in [1.54, 1.807) is 0 Å². The lowest BCUT2D eigenvalue weighted by Crippen LogP contribution is -2.38. The molecule has 2 N–H and O–H groups in total. The van der Waals surface area contributed by atoms with E-state index in [2.05, 4.69) is 16.7 Å². The molecule has 6 nitrogen and oxygen atoms in total. The number of nitrogens with one attached hydrogen (secondary N) is 2. The minimum absolute atomic E-state index is 0.0302. The van der Waals surface area contributed by atoms with Crippen molar-refractivity contribution in [2.75, 3.05) is 6.61 Å². The average molecular weight is 316 g/mol. The first kappa shape index (κ1) is 15.5. The Bertz CT molecular complexity index is 629. The van der Waals surface area contributed by atoms with Crippen LogP contribution < -0.4 is 10.6 Å². The van der Waals surface area contributed by atoms with E-state index in [4.69, 9.17) is 4.74 Å². The number of hydrogen-bond donors (Lipinski definition) is 2. The quantitative estimate of drug-likeness (QED) is 0.812. The largest absolute Gasteiger partial charge is 0.454 e. The highest BCUT2D eigenvalue weighted by Gasteiger charge is 2.29. The lowest BCUT2D eigenvalue weighted by atomic mass is 9.88. The van der Waals surface area contributed by atoms with Crippen molar-refractivity contribution in [3.05, 3.63) is 35.4 Å². The van der Waals surface area contributed by atoms with Gasteiger partial charge in [-0.3, -0.25) is 9.59 Å². The summed E-state index contributed by atoms with van der Waals surface area (Å²) in [5.74, 6) is -1.02. The predicted molar refractivity (Wildman–Crippen MR) is 82.4 cm³/mol. The van der Waals surface area contributed by atoms with Gasteiger partial charge in [-0.15, -0.1) is 0 Å². The minimum atomic E-state index is -0.620. The van der Waals surface area contributed by atoms with Crippen molar-refractivity contribution in [3.63, 3.8) is 0 Å². The lowest BCUT2D eigenvalue weighted by molar-refractivity contribution is -0.150. The Morgan fingerprint density at radius 2 is 2.04 bits per heavy atom. The van der Waals surface area contributed by atoms with Gasteiger partial charge in [-0.25, -0.2) is 4.79 Å². The third-order valence-corrected chi connectivity index (χ3v) is 4.33. The van der Waals surface area contributed by atoms with E-state index < -0.39 is 12.0 Å². The van der Waals surface area contributed by atoms with Crippen LogP contribution in [-0.4, -0.2) is 30.4 Å². The van der Waals surface area contributed by atoms with Gasteiger partial charge in [-0.1, -0.05) is 24.3 Å². The standard InChI is InChI=1S/C17H20N2O4/c20-15-9-8-14(19-15)17(22)23-10-16(21)18-13-7-3-5-11-4-1-2-6-12(11)13/h1-2,4,6,13-14H,3,5,7-10H2,(H,18,21)(H,19,20)/t13-,14+/m1/s1. The summed E-state index contributed by atoms with van der Waals surface area (Å²) in [6, 6.07) is 7.42. The highest BCUT2D eigenvalue weighted by molar-refractivity contribution is 5.89. The Labute approximate surface area is 134 Å². The van der Waals surface area contributed by atoms with Gasteiger partial charge in [0.1, 0.15) is 6.04 Å². The summed E-state index contributed by atoms with van der Waals surface area (Å²) in [6.45, 7) is -0.316. The summed E-state index contributed by atoms with van der Waals surface area (Å²) in [4.78, 5) is 34.9. The van der Waals surface area contributed by atoms with Crippen molar-refractivity contribution in [3.8, 4) is 0 Å². The zero-order valence-electron chi connectivity index (χ0n) is 12.8. The van der Waals surface area contributed by atoms with Crippen molar-refractivity contribution < 1.29 is 19.1 Å². The Morgan fingerprint density at radius 1 is 1.22 bits per heavy atom. The maximum absolute atomic E-state index is 12.0. The van der Waals surface area contributed by atoms with Crippen LogP contribution in [0, 0.1) is 0 Å². The maximum atomic E-state index is 12.0. The molecule has 0 radical (unpaired) electrons. The van der Waals surface area contributed by atoms with E-state index in [-0.39, 0.29) is 24.5 Å². The van der Waals surface area contributed by atoms with Gasteiger partial charge in [0.2, 0.25) is 5.91 Å². The van der Waals surface area contributed by atoms with E-state index >= 15 is 0 Å². The number of amides is 2. The summed E-state index contributed by atoms with van der Waals surface area (Å²) in [5, 5.41) is 5.45. The third kappa shape index (κ3) is 3.70. The molecular weight excluding hydrogens is 296 g/mol. The highest BCUT2D eigenvalue weighted by Crippen LogP contribution is 2.29. The molecule has 1 aliphatic carbocycles. The number of fused-ring (bicyclic) bond motifs is 1. The SMILES string of the molecule is O=C1CC[C@@H](C(=O)OCC(=O)N[C@@H]2CCCc3ccccc32)N1. The molecule has 0 spiro atoms. The summed E-state index contributed by atoms with van der Waals surface area (Å²) >= 11 is 0. The van der Waals surface area contributed by atoms with Crippen LogP contribution in [0.5, 0.6) is 0 Å². The monoisotopic (exact) mass is 316 g/mol. The fraction of sp³-hybridized carbons (Fsp3) is 0.471. The van der Waals surface area contributed by atoms with Crippen LogP contribution in [0.15, 0.2) is 24.3 Å². The predicted octanol–water partition coefficient (Wildman–Crippen LogP) is 1.00. The molecule has 3 rings (SSSR count). The van der Waals surface area contributed by atoms with Crippen LogP contribution in [0.4, 0.5) is 0 Å². The first-order valence-corrected chi connectivity index (χ1v) is 7.96. The number of esters is 1. The van der Waals surface area contributed by atoms with Crippen LogP contribution in [0.3, 0.4) is 0 Å². The molecule has 2 atom stereocenters. The van der Waals surface area contributed by atoms with Gasteiger partial charge in [-0.2, -0.15) is 0 Å². The molecular formula is C17H20N2O4. The summed E-state index contributed by atoms with van der Waals surface area (Å²) < 4.78 is 5.00. The number of rotatable bonds is 4. The fourth-order valence-electron chi connectivity index (χ4n) is 3.17.